The predicted octanol–water partition coefficient (Wildman–Crippen LogP) is 5.66. The molecule has 37 heavy (non-hydrogen) atoms. The second-order valence-electron chi connectivity index (χ2n) is 8.66. The van der Waals surface area contributed by atoms with E-state index in [0.717, 1.165) is 17.5 Å². The van der Waals surface area contributed by atoms with E-state index in [1.807, 2.05) is 24.3 Å². The van der Waals surface area contributed by atoms with Crippen molar-refractivity contribution in [2.75, 3.05) is 13.2 Å². The largest absolute Gasteiger partial charge is 0.422 e. The molecule has 0 unspecified atom stereocenters. The summed E-state index contributed by atoms with van der Waals surface area (Å²) in [6, 6.07) is 20.7. The topological polar surface area (TPSA) is 93.1 Å². The molecule has 0 aliphatic heterocycles. The van der Waals surface area contributed by atoms with E-state index in [4.69, 9.17) is 9.47 Å². The van der Waals surface area contributed by atoms with Gasteiger partial charge >= 0.3 is 11.9 Å². The fraction of sp³-hybridized carbons (Fsp3) is 0.226. The lowest BCUT2D eigenvalue weighted by molar-refractivity contribution is -0.131. The van der Waals surface area contributed by atoms with Crippen molar-refractivity contribution in [3.8, 4) is 33.8 Å². The first-order valence-corrected chi connectivity index (χ1v) is 12.2. The highest BCUT2D eigenvalue weighted by atomic mass is 16.5. The highest BCUT2D eigenvalue weighted by Crippen LogP contribution is 2.40. The van der Waals surface area contributed by atoms with Crippen molar-refractivity contribution in [1.29, 1.82) is 0 Å². The Hall–Kier alpha value is -4.00. The highest BCUT2D eigenvalue weighted by molar-refractivity contribution is 5.94. The third-order valence-corrected chi connectivity index (χ3v) is 5.88. The summed E-state index contributed by atoms with van der Waals surface area (Å²) < 4.78 is 10.9. The summed E-state index contributed by atoms with van der Waals surface area (Å²) in [7, 11) is 0. The zero-order valence-electron chi connectivity index (χ0n) is 21.0. The minimum Gasteiger partial charge on any atom is -0.422 e. The summed E-state index contributed by atoms with van der Waals surface area (Å²) in [6.07, 6.45) is 4.66. The fourth-order valence-corrected chi connectivity index (χ4v) is 3.71. The Balaban J connectivity index is 1.94. The molecular formula is C31H32O6. The molecule has 0 amide bonds. The van der Waals surface area contributed by atoms with Crippen LogP contribution in [0.4, 0.5) is 0 Å². The number of aliphatic hydroxyl groups is 2. The van der Waals surface area contributed by atoms with Crippen LogP contribution >= 0.6 is 0 Å². The molecule has 0 atom stereocenters. The molecule has 0 saturated heterocycles. The van der Waals surface area contributed by atoms with Crippen molar-refractivity contribution < 1.29 is 29.3 Å². The zero-order valence-corrected chi connectivity index (χ0v) is 21.0. The van der Waals surface area contributed by atoms with Crippen molar-refractivity contribution >= 4 is 11.9 Å². The van der Waals surface area contributed by atoms with Crippen molar-refractivity contribution in [3.05, 3.63) is 96.6 Å². The van der Waals surface area contributed by atoms with E-state index in [9.17, 15) is 19.8 Å². The van der Waals surface area contributed by atoms with Crippen LogP contribution in [0.25, 0.3) is 22.3 Å². The molecule has 6 nitrogen and oxygen atoms in total. The average molecular weight is 501 g/mol. The first kappa shape index (κ1) is 27.6. The minimum atomic E-state index is -0.803. The molecule has 192 valence electrons. The fourth-order valence-electron chi connectivity index (χ4n) is 3.71. The average Bonchev–Trinajstić information content (AvgIpc) is 2.93. The van der Waals surface area contributed by atoms with Gasteiger partial charge in [0, 0.05) is 0 Å². The maximum absolute atomic E-state index is 12.3. The van der Waals surface area contributed by atoms with Gasteiger partial charge in [0.15, 0.2) is 0 Å². The van der Waals surface area contributed by atoms with Gasteiger partial charge in [-0.3, -0.25) is 0 Å². The van der Waals surface area contributed by atoms with E-state index in [2.05, 4.69) is 44.3 Å². The van der Waals surface area contributed by atoms with Crippen LogP contribution < -0.4 is 9.47 Å². The number of ether oxygens (including phenoxy) is 2. The van der Waals surface area contributed by atoms with Gasteiger partial charge in [-0.05, 0) is 47.2 Å². The number of esters is 2. The quantitative estimate of drug-likeness (QED) is 0.144. The number of rotatable bonds is 12. The van der Waals surface area contributed by atoms with E-state index in [1.54, 1.807) is 18.2 Å². The molecule has 3 aromatic rings. The highest BCUT2D eigenvalue weighted by Gasteiger charge is 2.20. The number of aliphatic hydroxyl groups excluding tert-OH is 2. The summed E-state index contributed by atoms with van der Waals surface area (Å²) in [5.74, 6) is -1.35. The Morgan fingerprint density at radius 1 is 0.703 bits per heavy atom. The first-order valence-electron chi connectivity index (χ1n) is 12.2. The lowest BCUT2D eigenvalue weighted by Gasteiger charge is -2.16. The van der Waals surface area contributed by atoms with Crippen molar-refractivity contribution in [2.24, 2.45) is 0 Å². The minimum absolute atomic E-state index is 0.115. The molecule has 3 rings (SSSR count). The standard InChI is InChI=1S/C31H32O6/c1-4-5-6-8-23-11-13-24(14-12-23)25-15-17-26(18-16-25)29-27(36-30(34)21(2)19-32)9-7-10-28(29)37-31(35)22(3)20-33/h7,9-18,32-33H,2-6,8,19-20H2,1H3. The third kappa shape index (κ3) is 7.26. The Morgan fingerprint density at radius 2 is 1.16 bits per heavy atom. The normalized spacial score (nSPS) is 10.6. The number of carbonyl (C=O) groups excluding carboxylic acids is 2. The molecule has 0 heterocycles. The van der Waals surface area contributed by atoms with Gasteiger partial charge in [0.1, 0.15) is 11.5 Å². The number of hydrogen-bond donors (Lipinski definition) is 2. The van der Waals surface area contributed by atoms with Crippen LogP contribution in [0.1, 0.15) is 31.7 Å². The molecule has 0 fully saturated rings. The number of aryl methyl sites for hydroxylation is 1. The van der Waals surface area contributed by atoms with Gasteiger partial charge in [-0.1, -0.05) is 87.5 Å². The van der Waals surface area contributed by atoms with Gasteiger partial charge in [0.25, 0.3) is 0 Å². The summed E-state index contributed by atoms with van der Waals surface area (Å²) >= 11 is 0. The molecule has 6 heteroatoms. The summed E-state index contributed by atoms with van der Waals surface area (Å²) in [5.41, 5.74) is 4.14. The second kappa shape index (κ2) is 13.3. The van der Waals surface area contributed by atoms with Gasteiger partial charge in [0.2, 0.25) is 0 Å². The molecule has 2 N–H and O–H groups in total. The van der Waals surface area contributed by atoms with Crippen LogP contribution in [0.15, 0.2) is 91.0 Å². The van der Waals surface area contributed by atoms with Gasteiger partial charge in [0.05, 0.1) is 29.9 Å². The smallest absolute Gasteiger partial charge is 0.341 e. The molecule has 0 aliphatic rings. The summed E-state index contributed by atoms with van der Waals surface area (Å²) in [6.45, 7) is 8.09. The van der Waals surface area contributed by atoms with Gasteiger partial charge in [-0.2, -0.15) is 0 Å². The van der Waals surface area contributed by atoms with Crippen LogP contribution in [-0.4, -0.2) is 35.4 Å². The lowest BCUT2D eigenvalue weighted by Crippen LogP contribution is -2.15. The van der Waals surface area contributed by atoms with E-state index >= 15 is 0 Å². The van der Waals surface area contributed by atoms with Crippen LogP contribution in [0.5, 0.6) is 11.5 Å². The number of hydrogen-bond acceptors (Lipinski definition) is 6. The van der Waals surface area contributed by atoms with Crippen LogP contribution in [0.3, 0.4) is 0 Å². The molecule has 0 aliphatic carbocycles. The third-order valence-electron chi connectivity index (χ3n) is 5.88. The Labute approximate surface area is 217 Å². The maximum Gasteiger partial charge on any atom is 0.341 e. The van der Waals surface area contributed by atoms with Crippen molar-refractivity contribution in [3.63, 3.8) is 0 Å². The lowest BCUT2D eigenvalue weighted by atomic mass is 9.97. The van der Waals surface area contributed by atoms with Crippen molar-refractivity contribution in [2.45, 2.75) is 32.6 Å². The van der Waals surface area contributed by atoms with E-state index in [1.165, 1.54) is 24.8 Å². The van der Waals surface area contributed by atoms with E-state index in [-0.39, 0.29) is 22.6 Å². The van der Waals surface area contributed by atoms with Crippen LogP contribution in [0, 0.1) is 0 Å². The molecule has 0 saturated carbocycles. The maximum atomic E-state index is 12.3. The van der Waals surface area contributed by atoms with E-state index in [0.29, 0.717) is 11.1 Å². The zero-order chi connectivity index (χ0) is 26.8. The Bertz CT molecular complexity index is 1210. The summed E-state index contributed by atoms with van der Waals surface area (Å²) in [5, 5.41) is 18.5. The molecule has 3 aromatic carbocycles. The van der Waals surface area contributed by atoms with Gasteiger partial charge in [-0.15, -0.1) is 0 Å². The van der Waals surface area contributed by atoms with Gasteiger partial charge in [-0.25, -0.2) is 9.59 Å². The number of benzene rings is 3. The molecule has 0 bridgehead atoms. The molecular weight excluding hydrogens is 468 g/mol. The first-order chi connectivity index (χ1) is 17.9. The number of unbranched alkanes of at least 4 members (excludes halogenated alkanes) is 2. The molecule has 0 aromatic heterocycles. The number of carbonyl (C=O) groups is 2. The monoisotopic (exact) mass is 500 g/mol. The predicted molar refractivity (Wildman–Crippen MR) is 144 cm³/mol. The summed E-state index contributed by atoms with van der Waals surface area (Å²) in [4.78, 5) is 24.7. The van der Waals surface area contributed by atoms with Gasteiger partial charge < -0.3 is 19.7 Å². The SMILES string of the molecule is C=C(CO)C(=O)Oc1cccc(OC(=O)C(=C)CO)c1-c1ccc(-c2ccc(CCCCC)cc2)cc1. The molecule has 0 radical (unpaired) electrons. The molecule has 0 spiro atoms. The second-order valence-corrected chi connectivity index (χ2v) is 8.66. The van der Waals surface area contributed by atoms with Crippen molar-refractivity contribution in [1.82, 2.24) is 0 Å². The van der Waals surface area contributed by atoms with E-state index < -0.39 is 25.2 Å². The van der Waals surface area contributed by atoms with Crippen LogP contribution in [-0.2, 0) is 16.0 Å². The Kier molecular flexibility index (Phi) is 9.95. The Morgan fingerprint density at radius 3 is 1.62 bits per heavy atom. The van der Waals surface area contributed by atoms with Crippen LogP contribution in [0.2, 0.25) is 0 Å².